The number of nitrogens with zero attached hydrogens (tertiary/aromatic N) is 1. The topological polar surface area (TPSA) is 46.2 Å². The number of methoxy groups -OCH3 is 1. The zero-order valence-electron chi connectivity index (χ0n) is 11.1. The molecule has 3 rings (SSSR count). The van der Waals surface area contributed by atoms with E-state index in [-0.39, 0.29) is 0 Å². The van der Waals surface area contributed by atoms with Crippen LogP contribution in [0.3, 0.4) is 0 Å². The number of piperidine rings is 1. The summed E-state index contributed by atoms with van der Waals surface area (Å²) in [5, 5.41) is 8.04. The first-order chi connectivity index (χ1) is 9.36. The van der Waals surface area contributed by atoms with Gasteiger partial charge in [0.05, 0.1) is 12.6 Å². The minimum atomic E-state index is 0.557. The quantitative estimate of drug-likeness (QED) is 0.886. The van der Waals surface area contributed by atoms with Gasteiger partial charge in [0.2, 0.25) is 0 Å². The van der Waals surface area contributed by atoms with Gasteiger partial charge in [-0.25, -0.2) is 0 Å². The van der Waals surface area contributed by atoms with E-state index in [4.69, 9.17) is 4.74 Å². The lowest BCUT2D eigenvalue weighted by Crippen LogP contribution is -2.35. The molecule has 0 saturated carbocycles. The van der Waals surface area contributed by atoms with Crippen molar-refractivity contribution in [3.05, 3.63) is 30.5 Å². The van der Waals surface area contributed by atoms with Gasteiger partial charge in [-0.1, -0.05) is 0 Å². The van der Waals surface area contributed by atoms with Gasteiger partial charge in [0.25, 0.3) is 0 Å². The zero-order chi connectivity index (χ0) is 13.1. The van der Waals surface area contributed by atoms with E-state index < -0.39 is 0 Å². The van der Waals surface area contributed by atoms with E-state index in [0.29, 0.717) is 6.04 Å². The smallest absolute Gasteiger partial charge is 0.129 e. The second-order valence-corrected chi connectivity index (χ2v) is 4.91. The summed E-state index contributed by atoms with van der Waals surface area (Å²) in [7, 11) is 1.70. The number of ether oxygens (including phenoxy) is 1. The maximum Gasteiger partial charge on any atom is 0.129 e. The van der Waals surface area contributed by atoms with Crippen LogP contribution in [0.25, 0.3) is 10.9 Å². The van der Waals surface area contributed by atoms with Crippen LogP contribution in [0.5, 0.6) is 5.75 Å². The largest absolute Gasteiger partial charge is 0.496 e. The van der Waals surface area contributed by atoms with Crippen molar-refractivity contribution < 1.29 is 4.74 Å². The third kappa shape index (κ3) is 2.63. The molecular formula is C15H19N3O. The summed E-state index contributed by atoms with van der Waals surface area (Å²) in [6.07, 6.45) is 4.12. The summed E-state index contributed by atoms with van der Waals surface area (Å²) in [6, 6.07) is 8.72. The van der Waals surface area contributed by atoms with Crippen molar-refractivity contribution in [2.75, 3.05) is 25.5 Å². The first kappa shape index (κ1) is 12.2. The van der Waals surface area contributed by atoms with Crippen LogP contribution in [0.4, 0.5) is 5.69 Å². The van der Waals surface area contributed by atoms with Crippen LogP contribution in [0.15, 0.2) is 30.5 Å². The maximum atomic E-state index is 5.39. The summed E-state index contributed by atoms with van der Waals surface area (Å²) >= 11 is 0. The Kier molecular flexibility index (Phi) is 3.51. The van der Waals surface area contributed by atoms with Gasteiger partial charge in [0.1, 0.15) is 5.75 Å². The van der Waals surface area contributed by atoms with E-state index in [9.17, 15) is 0 Å². The van der Waals surface area contributed by atoms with Gasteiger partial charge in [0.15, 0.2) is 0 Å². The molecule has 2 aromatic rings. The van der Waals surface area contributed by atoms with Crippen LogP contribution in [-0.2, 0) is 0 Å². The number of hydrogen-bond donors (Lipinski definition) is 2. The minimum Gasteiger partial charge on any atom is -0.496 e. The Morgan fingerprint density at radius 3 is 2.89 bits per heavy atom. The fourth-order valence-electron chi connectivity index (χ4n) is 2.59. The van der Waals surface area contributed by atoms with E-state index in [1.54, 1.807) is 13.3 Å². The third-order valence-corrected chi connectivity index (χ3v) is 3.63. The minimum absolute atomic E-state index is 0.557. The summed E-state index contributed by atoms with van der Waals surface area (Å²) in [5.41, 5.74) is 2.11. The fourth-order valence-corrected chi connectivity index (χ4v) is 2.59. The standard InChI is InChI=1S/C15H19N3O/c1-19-15-6-9-17-14-3-2-12(10-13(14)15)18-11-4-7-16-8-5-11/h2-3,6,9-11,16,18H,4-5,7-8H2,1H3. The van der Waals surface area contributed by atoms with E-state index in [0.717, 1.165) is 35.4 Å². The Morgan fingerprint density at radius 1 is 1.26 bits per heavy atom. The lowest BCUT2D eigenvalue weighted by Gasteiger charge is -2.24. The molecule has 1 saturated heterocycles. The van der Waals surface area contributed by atoms with Crippen molar-refractivity contribution in [2.45, 2.75) is 18.9 Å². The number of rotatable bonds is 3. The molecule has 0 amide bonds. The van der Waals surface area contributed by atoms with Crippen molar-refractivity contribution in [3.63, 3.8) is 0 Å². The molecule has 0 bridgehead atoms. The molecule has 19 heavy (non-hydrogen) atoms. The molecule has 1 fully saturated rings. The van der Waals surface area contributed by atoms with Crippen molar-refractivity contribution in [3.8, 4) is 5.75 Å². The second-order valence-electron chi connectivity index (χ2n) is 4.91. The van der Waals surface area contributed by atoms with Gasteiger partial charge in [-0.3, -0.25) is 4.98 Å². The molecular weight excluding hydrogens is 238 g/mol. The highest BCUT2D eigenvalue weighted by molar-refractivity contribution is 5.87. The average Bonchev–Trinajstić information content (AvgIpc) is 2.47. The Labute approximate surface area is 113 Å². The van der Waals surface area contributed by atoms with E-state index in [1.165, 1.54) is 12.8 Å². The van der Waals surface area contributed by atoms with E-state index in [2.05, 4.69) is 27.8 Å². The van der Waals surface area contributed by atoms with Gasteiger partial charge in [-0.15, -0.1) is 0 Å². The van der Waals surface area contributed by atoms with Crippen molar-refractivity contribution >= 4 is 16.6 Å². The zero-order valence-corrected chi connectivity index (χ0v) is 11.1. The molecule has 4 heteroatoms. The van der Waals surface area contributed by atoms with Crippen LogP contribution < -0.4 is 15.4 Å². The molecule has 1 aromatic carbocycles. The lowest BCUT2D eigenvalue weighted by atomic mass is 10.1. The highest BCUT2D eigenvalue weighted by Gasteiger charge is 2.13. The Bertz CT molecular complexity index is 564. The molecule has 1 aliphatic heterocycles. The predicted octanol–water partition coefficient (Wildman–Crippen LogP) is 2.41. The van der Waals surface area contributed by atoms with Crippen molar-refractivity contribution in [1.82, 2.24) is 10.3 Å². The van der Waals surface area contributed by atoms with Crippen molar-refractivity contribution in [2.24, 2.45) is 0 Å². The molecule has 100 valence electrons. The molecule has 0 radical (unpaired) electrons. The van der Waals surface area contributed by atoms with Crippen LogP contribution in [0, 0.1) is 0 Å². The number of aromatic nitrogens is 1. The Morgan fingerprint density at radius 2 is 2.11 bits per heavy atom. The maximum absolute atomic E-state index is 5.39. The lowest BCUT2D eigenvalue weighted by molar-refractivity contribution is 0.419. The van der Waals surface area contributed by atoms with Crippen molar-refractivity contribution in [1.29, 1.82) is 0 Å². The van der Waals surface area contributed by atoms with Gasteiger partial charge in [-0.2, -0.15) is 0 Å². The SMILES string of the molecule is COc1ccnc2ccc(NC3CCNCC3)cc12. The van der Waals surface area contributed by atoms with Crippen LogP contribution in [0.1, 0.15) is 12.8 Å². The second kappa shape index (κ2) is 5.45. The number of hydrogen-bond acceptors (Lipinski definition) is 4. The number of pyridine rings is 1. The third-order valence-electron chi connectivity index (χ3n) is 3.63. The highest BCUT2D eigenvalue weighted by Crippen LogP contribution is 2.27. The molecule has 1 aromatic heterocycles. The average molecular weight is 257 g/mol. The first-order valence-electron chi connectivity index (χ1n) is 6.77. The van der Waals surface area contributed by atoms with Crippen LogP contribution in [0.2, 0.25) is 0 Å². The fraction of sp³-hybridized carbons (Fsp3) is 0.400. The monoisotopic (exact) mass is 257 g/mol. The number of anilines is 1. The normalized spacial score (nSPS) is 16.5. The molecule has 2 N–H and O–H groups in total. The van der Waals surface area contributed by atoms with Gasteiger partial charge in [0, 0.05) is 23.3 Å². The molecule has 0 atom stereocenters. The summed E-state index contributed by atoms with van der Waals surface area (Å²) in [6.45, 7) is 2.19. The molecule has 0 spiro atoms. The van der Waals surface area contributed by atoms with E-state index >= 15 is 0 Å². The Balaban J connectivity index is 1.87. The van der Waals surface area contributed by atoms with Gasteiger partial charge in [-0.05, 0) is 50.2 Å². The molecule has 4 nitrogen and oxygen atoms in total. The summed E-state index contributed by atoms with van der Waals surface area (Å²) in [5.74, 6) is 0.874. The van der Waals surface area contributed by atoms with Gasteiger partial charge < -0.3 is 15.4 Å². The highest BCUT2D eigenvalue weighted by atomic mass is 16.5. The van der Waals surface area contributed by atoms with E-state index in [1.807, 2.05) is 12.1 Å². The number of benzene rings is 1. The Hall–Kier alpha value is -1.81. The molecule has 0 unspecified atom stereocenters. The summed E-state index contributed by atoms with van der Waals surface area (Å²) in [4.78, 5) is 4.36. The van der Waals surface area contributed by atoms with Crippen LogP contribution >= 0.6 is 0 Å². The molecule has 2 heterocycles. The molecule has 0 aliphatic carbocycles. The predicted molar refractivity (Wildman–Crippen MR) is 77.8 cm³/mol. The van der Waals surface area contributed by atoms with Gasteiger partial charge >= 0.3 is 0 Å². The number of nitrogens with one attached hydrogen (secondary N) is 2. The molecule has 1 aliphatic rings. The summed E-state index contributed by atoms with van der Waals surface area (Å²) < 4.78 is 5.39. The first-order valence-corrected chi connectivity index (χ1v) is 6.77. The number of fused-ring (bicyclic) bond motifs is 1. The van der Waals surface area contributed by atoms with Crippen LogP contribution in [-0.4, -0.2) is 31.2 Å².